The Bertz CT molecular complexity index is 1790. The summed E-state index contributed by atoms with van der Waals surface area (Å²) >= 11 is 0. The van der Waals surface area contributed by atoms with Gasteiger partial charge in [-0.25, -0.2) is 9.37 Å². The first-order valence-electron chi connectivity index (χ1n) is 13.9. The Kier molecular flexibility index (Phi) is 8.61. The first-order valence-corrected chi connectivity index (χ1v) is 13.9. The van der Waals surface area contributed by atoms with Crippen molar-refractivity contribution in [2.45, 2.75) is 6.92 Å². The Labute approximate surface area is 245 Å². The van der Waals surface area contributed by atoms with Crippen LogP contribution in [0, 0.1) is 5.82 Å². The lowest BCUT2D eigenvalue weighted by Crippen LogP contribution is -2.20. The van der Waals surface area contributed by atoms with E-state index in [-0.39, 0.29) is 5.82 Å². The van der Waals surface area contributed by atoms with E-state index in [4.69, 9.17) is 4.98 Å². The Balaban J connectivity index is 1.53. The molecule has 0 atom stereocenters. The van der Waals surface area contributed by atoms with Crippen molar-refractivity contribution in [1.82, 2.24) is 34.9 Å². The minimum Gasteiger partial charge on any atom is -0.384 e. The second-order valence-corrected chi connectivity index (χ2v) is 10.9. The van der Waals surface area contributed by atoms with Crippen LogP contribution in [-0.2, 0) is 0 Å². The van der Waals surface area contributed by atoms with Gasteiger partial charge in [-0.1, -0.05) is 30.9 Å². The largest absolute Gasteiger partial charge is 0.384 e. The number of anilines is 1. The van der Waals surface area contributed by atoms with Crippen molar-refractivity contribution >= 4 is 33.2 Å². The summed E-state index contributed by atoms with van der Waals surface area (Å²) in [4.78, 5) is 16.9. The highest BCUT2D eigenvalue weighted by atomic mass is 19.1. The fourth-order valence-corrected chi connectivity index (χ4v) is 4.97. The number of imidazole rings is 1. The predicted octanol–water partition coefficient (Wildman–Crippen LogP) is 6.36. The summed E-state index contributed by atoms with van der Waals surface area (Å²) in [7, 11) is 8.10. The molecule has 0 amide bonds. The van der Waals surface area contributed by atoms with Gasteiger partial charge in [0.15, 0.2) is 5.82 Å². The summed E-state index contributed by atoms with van der Waals surface area (Å²) in [6.07, 6.45) is 9.61. The van der Waals surface area contributed by atoms with E-state index in [0.29, 0.717) is 34.8 Å². The molecule has 2 aromatic carbocycles. The van der Waals surface area contributed by atoms with Gasteiger partial charge in [-0.05, 0) is 87.7 Å². The number of aromatic amines is 2. The number of likely N-dealkylation sites (N-methyl/N-ethyl adjacent to an activating group) is 2. The number of H-pyrrole nitrogens is 2. The van der Waals surface area contributed by atoms with Crippen molar-refractivity contribution in [2.24, 2.45) is 0 Å². The number of aromatic nitrogens is 5. The standard InChI is InChI=1S/C33H37FN8/c1-7-21(20-42(5)6)13-22(8-2)23-9-10-29-27(16-23)32(40-39-29)33-37-30-19-35-18-28(31(30)38-33)24-14-25(34)17-26(15-24)36-11-12-41(3)4/h7-10,13-19,36H,1,11-12,20H2,2-6H3,(H,37,38)(H,39,40)/b21-13+,22-8+. The summed E-state index contributed by atoms with van der Waals surface area (Å²) in [5.74, 6) is 0.290. The number of benzene rings is 2. The molecule has 0 saturated carbocycles. The number of allylic oxidation sites excluding steroid dienone is 3. The van der Waals surface area contributed by atoms with Crippen molar-refractivity contribution in [2.75, 3.05) is 53.1 Å². The van der Waals surface area contributed by atoms with Gasteiger partial charge in [0.1, 0.15) is 11.5 Å². The van der Waals surface area contributed by atoms with E-state index < -0.39 is 0 Å². The van der Waals surface area contributed by atoms with Crippen molar-refractivity contribution in [3.05, 3.63) is 90.6 Å². The number of nitrogens with zero attached hydrogens (tertiary/aromatic N) is 5. The number of pyridine rings is 1. The number of fused-ring (bicyclic) bond motifs is 2. The van der Waals surface area contributed by atoms with Gasteiger partial charge < -0.3 is 20.1 Å². The second kappa shape index (κ2) is 12.5. The van der Waals surface area contributed by atoms with Crippen LogP contribution in [0.1, 0.15) is 12.5 Å². The van der Waals surface area contributed by atoms with E-state index >= 15 is 0 Å². The van der Waals surface area contributed by atoms with Crippen LogP contribution in [0.4, 0.5) is 10.1 Å². The molecule has 42 heavy (non-hydrogen) atoms. The minimum atomic E-state index is -0.322. The Morgan fingerprint density at radius 1 is 1.05 bits per heavy atom. The molecule has 0 spiro atoms. The maximum absolute atomic E-state index is 14.7. The van der Waals surface area contributed by atoms with Crippen LogP contribution in [-0.4, -0.2) is 82.8 Å². The van der Waals surface area contributed by atoms with Gasteiger partial charge >= 0.3 is 0 Å². The lowest BCUT2D eigenvalue weighted by atomic mass is 10.00. The SMILES string of the molecule is C=C/C(=C\C(=C/C)c1ccc2[nH]nc(-c3nc4c(-c5cc(F)cc(NCCN(C)C)c5)cncc4[nH]3)c2c1)CN(C)C. The molecular weight excluding hydrogens is 527 g/mol. The first-order chi connectivity index (χ1) is 20.2. The summed E-state index contributed by atoms with van der Waals surface area (Å²) in [5, 5.41) is 12.0. The van der Waals surface area contributed by atoms with Crippen LogP contribution in [0.15, 0.2) is 79.2 Å². The molecule has 8 nitrogen and oxygen atoms in total. The zero-order valence-corrected chi connectivity index (χ0v) is 24.8. The molecule has 0 saturated heterocycles. The van der Waals surface area contributed by atoms with E-state index in [1.165, 1.54) is 12.1 Å². The molecule has 0 radical (unpaired) electrons. The third-order valence-corrected chi connectivity index (χ3v) is 7.02. The van der Waals surface area contributed by atoms with Crippen LogP contribution in [0.3, 0.4) is 0 Å². The van der Waals surface area contributed by atoms with Crippen LogP contribution in [0.5, 0.6) is 0 Å². The van der Waals surface area contributed by atoms with E-state index in [1.807, 2.05) is 53.3 Å². The number of halogens is 1. The molecule has 0 bridgehead atoms. The maximum atomic E-state index is 14.7. The van der Waals surface area contributed by atoms with Gasteiger partial charge in [-0.2, -0.15) is 5.10 Å². The molecule has 0 unspecified atom stereocenters. The van der Waals surface area contributed by atoms with Crippen LogP contribution >= 0.6 is 0 Å². The normalized spacial score (nSPS) is 12.7. The highest BCUT2D eigenvalue weighted by molar-refractivity contribution is 5.98. The Morgan fingerprint density at radius 2 is 1.88 bits per heavy atom. The highest BCUT2D eigenvalue weighted by Crippen LogP contribution is 2.33. The summed E-state index contributed by atoms with van der Waals surface area (Å²) < 4.78 is 14.7. The van der Waals surface area contributed by atoms with Gasteiger partial charge in [0, 0.05) is 42.5 Å². The molecule has 0 aliphatic heterocycles. The Morgan fingerprint density at radius 3 is 2.62 bits per heavy atom. The second-order valence-electron chi connectivity index (χ2n) is 10.9. The topological polar surface area (TPSA) is 88.8 Å². The average molecular weight is 565 g/mol. The van der Waals surface area contributed by atoms with Gasteiger partial charge in [-0.15, -0.1) is 0 Å². The molecular formula is C33H37FN8. The Hall–Kier alpha value is -4.60. The van der Waals surface area contributed by atoms with Crippen molar-refractivity contribution in [1.29, 1.82) is 0 Å². The summed E-state index contributed by atoms with van der Waals surface area (Å²) in [5.41, 5.74) is 8.51. The van der Waals surface area contributed by atoms with Gasteiger partial charge in [0.05, 0.1) is 22.7 Å². The van der Waals surface area contributed by atoms with Crippen molar-refractivity contribution < 1.29 is 4.39 Å². The van der Waals surface area contributed by atoms with E-state index in [2.05, 4.69) is 66.1 Å². The predicted molar refractivity (Wildman–Crippen MR) is 172 cm³/mol. The number of hydrogen-bond acceptors (Lipinski definition) is 6. The van der Waals surface area contributed by atoms with E-state index in [9.17, 15) is 4.39 Å². The smallest absolute Gasteiger partial charge is 0.159 e. The quantitative estimate of drug-likeness (QED) is 0.162. The average Bonchev–Trinajstić information content (AvgIpc) is 3.58. The van der Waals surface area contributed by atoms with E-state index in [1.54, 1.807) is 12.4 Å². The van der Waals surface area contributed by atoms with E-state index in [0.717, 1.165) is 51.8 Å². The van der Waals surface area contributed by atoms with Crippen molar-refractivity contribution in [3.63, 3.8) is 0 Å². The fourth-order valence-electron chi connectivity index (χ4n) is 4.97. The molecule has 0 aliphatic carbocycles. The van der Waals surface area contributed by atoms with Crippen LogP contribution < -0.4 is 5.32 Å². The third-order valence-electron chi connectivity index (χ3n) is 7.02. The van der Waals surface area contributed by atoms with Gasteiger partial charge in [0.25, 0.3) is 0 Å². The summed E-state index contributed by atoms with van der Waals surface area (Å²) in [6, 6.07) is 11.2. The molecule has 5 aromatic rings. The molecule has 3 heterocycles. The minimum absolute atomic E-state index is 0.322. The molecule has 9 heteroatoms. The fraction of sp³-hybridized carbons (Fsp3) is 0.242. The number of hydrogen-bond donors (Lipinski definition) is 3. The number of rotatable bonds is 11. The zero-order valence-electron chi connectivity index (χ0n) is 24.8. The van der Waals surface area contributed by atoms with Gasteiger partial charge in [-0.3, -0.25) is 10.1 Å². The molecule has 3 N–H and O–H groups in total. The number of nitrogens with one attached hydrogen (secondary N) is 3. The first kappa shape index (κ1) is 28.9. The monoisotopic (exact) mass is 564 g/mol. The van der Waals surface area contributed by atoms with Crippen molar-refractivity contribution in [3.8, 4) is 22.6 Å². The third kappa shape index (κ3) is 6.32. The molecule has 0 aliphatic rings. The highest BCUT2D eigenvalue weighted by Gasteiger charge is 2.17. The van der Waals surface area contributed by atoms with Crippen LogP contribution in [0.25, 0.3) is 50.2 Å². The molecule has 216 valence electrons. The van der Waals surface area contributed by atoms with Gasteiger partial charge in [0.2, 0.25) is 0 Å². The van der Waals surface area contributed by atoms with Crippen LogP contribution in [0.2, 0.25) is 0 Å². The maximum Gasteiger partial charge on any atom is 0.159 e. The summed E-state index contributed by atoms with van der Waals surface area (Å²) in [6.45, 7) is 8.36. The lowest BCUT2D eigenvalue weighted by Gasteiger charge is -2.12. The molecule has 0 fully saturated rings. The molecule has 5 rings (SSSR count). The lowest BCUT2D eigenvalue weighted by molar-refractivity contribution is 0.425. The zero-order chi connectivity index (χ0) is 29.8. The molecule has 3 aromatic heterocycles.